The van der Waals surface area contributed by atoms with E-state index in [-0.39, 0.29) is 10.6 Å². The number of rotatable bonds is 2. The number of hydroxylamine groups is 2. The van der Waals surface area contributed by atoms with Crippen LogP contribution in [-0.2, 0) is 9.59 Å². The predicted octanol–water partition coefficient (Wildman–Crippen LogP) is 0.263. The summed E-state index contributed by atoms with van der Waals surface area (Å²) in [5.74, 6) is -4.42. The lowest BCUT2D eigenvalue weighted by Crippen LogP contribution is -2.29. The molecule has 1 atom stereocenters. The molecule has 0 bridgehead atoms. The fourth-order valence-corrected chi connectivity index (χ4v) is 1.60. The number of carbonyl (C=O) groups excluding carboxylic acids is 3. The summed E-state index contributed by atoms with van der Waals surface area (Å²) in [6.07, 6.45) is 0. The van der Waals surface area contributed by atoms with Crippen LogP contribution < -0.4 is 0 Å². The summed E-state index contributed by atoms with van der Waals surface area (Å²) in [5.41, 5.74) is -0.481. The van der Waals surface area contributed by atoms with Gasteiger partial charge in [0, 0.05) is 5.56 Å². The quantitative estimate of drug-likeness (QED) is 0.331. The van der Waals surface area contributed by atoms with Crippen LogP contribution in [0, 0.1) is 11.3 Å². The van der Waals surface area contributed by atoms with Crippen LogP contribution in [0.2, 0.25) is 0 Å². The van der Waals surface area contributed by atoms with Crippen molar-refractivity contribution in [2.24, 2.45) is 5.92 Å². The topological polar surface area (TPSA) is 98.5 Å². The third-order valence-corrected chi connectivity index (χ3v) is 2.49. The normalized spacial score (nSPS) is 19.9. The number of Topliss-reactive ketones (excluding diaryl/α,β-unsaturated/α-hetero) is 1. The van der Waals surface area contributed by atoms with Gasteiger partial charge in [-0.2, -0.15) is 0 Å². The fourth-order valence-electron chi connectivity index (χ4n) is 1.60. The first-order chi connectivity index (χ1) is 8.04. The van der Waals surface area contributed by atoms with Crippen molar-refractivity contribution in [2.75, 3.05) is 0 Å². The van der Waals surface area contributed by atoms with Crippen molar-refractivity contribution in [1.29, 1.82) is 5.41 Å². The largest absolute Gasteiger partial charge is 0.299 e. The van der Waals surface area contributed by atoms with E-state index in [1.807, 2.05) is 0 Å². The molecule has 0 radical (unpaired) electrons. The monoisotopic (exact) mass is 232 g/mol. The molecular weight excluding hydrogens is 224 g/mol. The molecule has 2 N–H and O–H groups in total. The Labute approximate surface area is 95.9 Å². The number of amides is 2. The van der Waals surface area contributed by atoms with Crippen LogP contribution in [0.5, 0.6) is 0 Å². The Balaban J connectivity index is 2.36. The molecule has 0 saturated carbocycles. The number of imide groups is 1. The highest BCUT2D eigenvalue weighted by Gasteiger charge is 2.47. The van der Waals surface area contributed by atoms with E-state index in [1.54, 1.807) is 18.2 Å². The lowest BCUT2D eigenvalue weighted by Gasteiger charge is -2.05. The van der Waals surface area contributed by atoms with E-state index in [1.165, 1.54) is 12.1 Å². The van der Waals surface area contributed by atoms with Gasteiger partial charge in [-0.3, -0.25) is 25.0 Å². The molecule has 1 aliphatic heterocycles. The highest BCUT2D eigenvalue weighted by atomic mass is 16.5. The Morgan fingerprint density at radius 1 is 1.24 bits per heavy atom. The zero-order chi connectivity index (χ0) is 12.6. The Morgan fingerprint density at radius 3 is 2.29 bits per heavy atom. The van der Waals surface area contributed by atoms with Crippen LogP contribution in [0.25, 0.3) is 0 Å². The molecular formula is C11H8N2O4. The SMILES string of the molecule is N=C1C(=O)N(O)C(=O)C1C(=O)c1ccccc1. The lowest BCUT2D eigenvalue weighted by atomic mass is 9.95. The van der Waals surface area contributed by atoms with E-state index >= 15 is 0 Å². The molecule has 0 aliphatic carbocycles. The lowest BCUT2D eigenvalue weighted by molar-refractivity contribution is -0.170. The summed E-state index contributed by atoms with van der Waals surface area (Å²) in [5, 5.41) is 16.2. The molecule has 1 aromatic rings. The number of benzene rings is 1. The van der Waals surface area contributed by atoms with Gasteiger partial charge in [-0.15, -0.1) is 5.06 Å². The highest BCUT2D eigenvalue weighted by Crippen LogP contribution is 2.19. The second kappa shape index (κ2) is 3.91. The number of carbonyl (C=O) groups is 3. The van der Waals surface area contributed by atoms with E-state index in [0.717, 1.165) is 0 Å². The zero-order valence-corrected chi connectivity index (χ0v) is 8.58. The molecule has 0 spiro atoms. The summed E-state index contributed by atoms with van der Waals surface area (Å²) < 4.78 is 0. The van der Waals surface area contributed by atoms with E-state index in [2.05, 4.69) is 0 Å². The average Bonchev–Trinajstić information content (AvgIpc) is 2.54. The van der Waals surface area contributed by atoms with Gasteiger partial charge in [0.2, 0.25) is 0 Å². The minimum Gasteiger partial charge on any atom is -0.298 e. The molecule has 1 aliphatic rings. The second-order valence-electron chi connectivity index (χ2n) is 3.53. The maximum Gasteiger partial charge on any atom is 0.299 e. The third kappa shape index (κ3) is 1.64. The molecule has 2 rings (SSSR count). The molecule has 1 aromatic carbocycles. The molecule has 86 valence electrons. The van der Waals surface area contributed by atoms with Crippen LogP contribution in [0.15, 0.2) is 30.3 Å². The molecule has 0 aromatic heterocycles. The third-order valence-electron chi connectivity index (χ3n) is 2.49. The van der Waals surface area contributed by atoms with E-state index in [4.69, 9.17) is 10.6 Å². The Hall–Kier alpha value is -2.34. The molecule has 6 heteroatoms. The van der Waals surface area contributed by atoms with Gasteiger partial charge in [-0.1, -0.05) is 30.3 Å². The maximum absolute atomic E-state index is 11.9. The number of hydrogen-bond acceptors (Lipinski definition) is 5. The van der Waals surface area contributed by atoms with Crippen LogP contribution >= 0.6 is 0 Å². The van der Waals surface area contributed by atoms with Gasteiger partial charge in [0.05, 0.1) is 0 Å². The minimum absolute atomic E-state index is 0.187. The molecule has 17 heavy (non-hydrogen) atoms. The summed E-state index contributed by atoms with van der Waals surface area (Å²) >= 11 is 0. The van der Waals surface area contributed by atoms with Crippen molar-refractivity contribution in [3.8, 4) is 0 Å². The van der Waals surface area contributed by atoms with Crippen LogP contribution in [0.3, 0.4) is 0 Å². The van der Waals surface area contributed by atoms with Gasteiger partial charge in [-0.05, 0) is 0 Å². The van der Waals surface area contributed by atoms with Crippen molar-refractivity contribution >= 4 is 23.3 Å². The summed E-state index contributed by atoms with van der Waals surface area (Å²) in [6, 6.07) is 7.87. The van der Waals surface area contributed by atoms with Gasteiger partial charge in [0.1, 0.15) is 5.71 Å². The van der Waals surface area contributed by atoms with E-state index in [0.29, 0.717) is 0 Å². The maximum atomic E-state index is 11.9. The summed E-state index contributed by atoms with van der Waals surface area (Å²) in [7, 11) is 0. The first-order valence-corrected chi connectivity index (χ1v) is 4.79. The van der Waals surface area contributed by atoms with Crippen LogP contribution in [-0.4, -0.2) is 33.6 Å². The molecule has 1 heterocycles. The molecule has 1 saturated heterocycles. The number of nitrogens with zero attached hydrogens (tertiary/aromatic N) is 1. The van der Waals surface area contributed by atoms with Gasteiger partial charge in [0.25, 0.3) is 11.8 Å². The van der Waals surface area contributed by atoms with Crippen LogP contribution in [0.4, 0.5) is 0 Å². The minimum atomic E-state index is -1.53. The van der Waals surface area contributed by atoms with Gasteiger partial charge < -0.3 is 0 Å². The number of hydrogen-bond donors (Lipinski definition) is 2. The van der Waals surface area contributed by atoms with Crippen LogP contribution in [0.1, 0.15) is 10.4 Å². The summed E-state index contributed by atoms with van der Waals surface area (Å²) in [6.45, 7) is 0. The Kier molecular flexibility index (Phi) is 2.57. The smallest absolute Gasteiger partial charge is 0.298 e. The Bertz CT molecular complexity index is 524. The average molecular weight is 232 g/mol. The van der Waals surface area contributed by atoms with Gasteiger partial charge in [-0.25, -0.2) is 0 Å². The summed E-state index contributed by atoms with van der Waals surface area (Å²) in [4.78, 5) is 34.5. The van der Waals surface area contributed by atoms with Crippen molar-refractivity contribution < 1.29 is 19.6 Å². The van der Waals surface area contributed by atoms with E-state index in [9.17, 15) is 14.4 Å². The standard InChI is InChI=1S/C11H8N2O4/c12-8-7(10(15)13(17)11(8)16)9(14)6-4-2-1-3-5-6/h1-5,7,12,17H. The fraction of sp³-hybridized carbons (Fsp3) is 0.0909. The Morgan fingerprint density at radius 2 is 1.82 bits per heavy atom. The first kappa shape index (κ1) is 11.2. The van der Waals surface area contributed by atoms with Crippen molar-refractivity contribution in [3.05, 3.63) is 35.9 Å². The van der Waals surface area contributed by atoms with Gasteiger partial charge in [0.15, 0.2) is 11.7 Å². The number of nitrogens with one attached hydrogen (secondary N) is 1. The molecule has 6 nitrogen and oxygen atoms in total. The molecule has 1 unspecified atom stereocenters. The predicted molar refractivity (Wildman–Crippen MR) is 55.6 cm³/mol. The highest BCUT2D eigenvalue weighted by molar-refractivity contribution is 6.54. The zero-order valence-electron chi connectivity index (χ0n) is 8.58. The van der Waals surface area contributed by atoms with E-state index < -0.39 is 29.2 Å². The van der Waals surface area contributed by atoms with Crippen molar-refractivity contribution in [2.45, 2.75) is 0 Å². The molecule has 2 amide bonds. The van der Waals surface area contributed by atoms with Crippen molar-refractivity contribution in [3.63, 3.8) is 0 Å². The second-order valence-corrected chi connectivity index (χ2v) is 3.53. The van der Waals surface area contributed by atoms with Gasteiger partial charge >= 0.3 is 0 Å². The first-order valence-electron chi connectivity index (χ1n) is 4.79. The van der Waals surface area contributed by atoms with Crippen molar-refractivity contribution in [1.82, 2.24) is 5.06 Å². The molecule has 1 fully saturated rings. The number of ketones is 1.